The molecule has 1 heteroatoms. The van der Waals surface area contributed by atoms with E-state index in [1.54, 1.807) is 6.92 Å². The van der Waals surface area contributed by atoms with E-state index < -0.39 is 0 Å². The fourth-order valence-corrected chi connectivity index (χ4v) is 2.23. The Morgan fingerprint density at radius 1 is 1.26 bits per heavy atom. The number of rotatable bonds is 6. The monoisotopic (exact) mass is 256 g/mol. The highest BCUT2D eigenvalue weighted by Crippen LogP contribution is 2.19. The lowest BCUT2D eigenvalue weighted by Gasteiger charge is -2.11. The lowest BCUT2D eigenvalue weighted by Crippen LogP contribution is -1.97. The molecule has 0 saturated heterocycles. The molecule has 0 aliphatic heterocycles. The third-order valence-electron chi connectivity index (χ3n) is 3.72. The summed E-state index contributed by atoms with van der Waals surface area (Å²) in [5, 5.41) is 0. The molecule has 1 aromatic rings. The molecule has 0 aromatic heterocycles. The Morgan fingerprint density at radius 3 is 2.53 bits per heavy atom. The number of aryl methyl sites for hydroxylation is 2. The highest BCUT2D eigenvalue weighted by atomic mass is 16.1. The number of hydrogen-bond acceptors (Lipinski definition) is 1. The molecule has 0 fully saturated rings. The summed E-state index contributed by atoms with van der Waals surface area (Å²) in [7, 11) is 0. The number of hydrogen-bond donors (Lipinski definition) is 0. The van der Waals surface area contributed by atoms with Crippen molar-refractivity contribution in [3.8, 4) is 0 Å². The highest BCUT2D eigenvalue weighted by Gasteiger charge is 2.05. The molecule has 1 aromatic carbocycles. The summed E-state index contributed by atoms with van der Waals surface area (Å²) in [6, 6.07) is 6.45. The fraction of sp³-hybridized carbons (Fsp3) is 0.389. The van der Waals surface area contributed by atoms with Gasteiger partial charge >= 0.3 is 0 Å². The first-order valence-electron chi connectivity index (χ1n) is 6.81. The molecule has 0 bridgehead atoms. The van der Waals surface area contributed by atoms with Crippen molar-refractivity contribution in [2.75, 3.05) is 0 Å². The Labute approximate surface area is 117 Å². The van der Waals surface area contributed by atoms with Gasteiger partial charge in [0.1, 0.15) is 5.78 Å². The number of allylic oxidation sites excluding steroid dienone is 3. The van der Waals surface area contributed by atoms with Crippen LogP contribution in [0.4, 0.5) is 0 Å². The summed E-state index contributed by atoms with van der Waals surface area (Å²) in [5.41, 5.74) is 6.46. The number of benzene rings is 1. The molecule has 0 spiro atoms. The molecule has 1 nitrogen and oxygen atoms in total. The lowest BCUT2D eigenvalue weighted by atomic mass is 9.95. The first-order valence-corrected chi connectivity index (χ1v) is 6.81. The van der Waals surface area contributed by atoms with E-state index >= 15 is 0 Å². The minimum Gasteiger partial charge on any atom is -0.300 e. The van der Waals surface area contributed by atoms with E-state index in [9.17, 15) is 4.79 Å². The van der Waals surface area contributed by atoms with Gasteiger partial charge in [-0.3, -0.25) is 4.79 Å². The summed E-state index contributed by atoms with van der Waals surface area (Å²) in [5.74, 6) is 0.195. The molecule has 0 atom stereocenters. The van der Waals surface area contributed by atoms with Gasteiger partial charge in [-0.2, -0.15) is 0 Å². The second-order valence-corrected chi connectivity index (χ2v) is 5.25. The Kier molecular flexibility index (Phi) is 5.75. The third kappa shape index (κ3) is 4.51. The summed E-state index contributed by atoms with van der Waals surface area (Å²) >= 11 is 0. The maximum absolute atomic E-state index is 11.2. The van der Waals surface area contributed by atoms with E-state index in [1.807, 2.05) is 6.08 Å². The molecular weight excluding hydrogens is 232 g/mol. The van der Waals surface area contributed by atoms with Crippen LogP contribution in [0.5, 0.6) is 0 Å². The van der Waals surface area contributed by atoms with E-state index in [0.717, 1.165) is 18.4 Å². The zero-order valence-corrected chi connectivity index (χ0v) is 12.5. The maximum Gasteiger partial charge on any atom is 0.134 e. The molecular formula is C18H24O. The Bertz CT molecular complexity index is 506. The second-order valence-electron chi connectivity index (χ2n) is 5.25. The number of Topliss-reactive ketones (excluding diaryl/α,β-unsaturated/α-hetero) is 1. The van der Waals surface area contributed by atoms with Crippen LogP contribution < -0.4 is 0 Å². The van der Waals surface area contributed by atoms with Crippen LogP contribution in [0.1, 0.15) is 43.4 Å². The molecule has 0 heterocycles. The van der Waals surface area contributed by atoms with Crippen molar-refractivity contribution in [2.24, 2.45) is 0 Å². The first-order chi connectivity index (χ1) is 8.95. The van der Waals surface area contributed by atoms with Gasteiger partial charge in [-0.15, -0.1) is 0 Å². The van der Waals surface area contributed by atoms with Crippen LogP contribution in [-0.2, 0) is 11.2 Å². The Morgan fingerprint density at radius 2 is 1.95 bits per heavy atom. The van der Waals surface area contributed by atoms with Gasteiger partial charge in [0.2, 0.25) is 0 Å². The average Bonchev–Trinajstić information content (AvgIpc) is 2.37. The Balaban J connectivity index is 2.80. The van der Waals surface area contributed by atoms with Crippen LogP contribution in [0.15, 0.2) is 42.0 Å². The van der Waals surface area contributed by atoms with Crippen molar-refractivity contribution in [3.63, 3.8) is 0 Å². The lowest BCUT2D eigenvalue weighted by molar-refractivity contribution is -0.116. The topological polar surface area (TPSA) is 17.1 Å². The molecule has 0 amide bonds. The largest absolute Gasteiger partial charge is 0.300 e. The zero-order valence-electron chi connectivity index (χ0n) is 12.5. The van der Waals surface area contributed by atoms with E-state index in [1.165, 1.54) is 22.3 Å². The molecule has 0 aliphatic rings. The van der Waals surface area contributed by atoms with Crippen LogP contribution in [0.3, 0.4) is 0 Å². The van der Waals surface area contributed by atoms with Crippen LogP contribution in [0, 0.1) is 13.8 Å². The Hall–Kier alpha value is -1.63. The summed E-state index contributed by atoms with van der Waals surface area (Å²) in [4.78, 5) is 11.2. The predicted octanol–water partition coefficient (Wildman–Crippen LogP) is 4.72. The van der Waals surface area contributed by atoms with E-state index in [2.05, 4.69) is 45.5 Å². The number of carbonyl (C=O) groups is 1. The van der Waals surface area contributed by atoms with E-state index in [-0.39, 0.29) is 5.78 Å². The van der Waals surface area contributed by atoms with Crippen LogP contribution in [0.25, 0.3) is 0 Å². The zero-order chi connectivity index (χ0) is 14.4. The minimum atomic E-state index is 0.195. The van der Waals surface area contributed by atoms with Crippen molar-refractivity contribution < 1.29 is 4.79 Å². The quantitative estimate of drug-likeness (QED) is 0.673. The maximum atomic E-state index is 11.2. The molecule has 0 unspecified atom stereocenters. The first kappa shape index (κ1) is 15.4. The van der Waals surface area contributed by atoms with Crippen molar-refractivity contribution in [3.05, 3.63) is 58.7 Å². The molecule has 0 saturated carbocycles. The van der Waals surface area contributed by atoms with Gasteiger partial charge in [0.15, 0.2) is 0 Å². The van der Waals surface area contributed by atoms with Crippen LogP contribution in [-0.4, -0.2) is 5.78 Å². The smallest absolute Gasteiger partial charge is 0.134 e. The highest BCUT2D eigenvalue weighted by molar-refractivity contribution is 5.78. The van der Waals surface area contributed by atoms with Gasteiger partial charge in [-0.25, -0.2) is 0 Å². The number of carbonyl (C=O) groups excluding carboxylic acids is 1. The normalized spacial score (nSPS) is 12.0. The standard InChI is InChI=1S/C18H24O/c1-6-17(12-15(4)19)14(3)10-11-18-9-7-8-13(2)16(18)5/h6-9H,1,10-12H2,2-5H3/b17-14-. The van der Waals surface area contributed by atoms with Crippen molar-refractivity contribution >= 4 is 5.78 Å². The molecule has 0 aliphatic carbocycles. The van der Waals surface area contributed by atoms with E-state index in [4.69, 9.17) is 0 Å². The SMILES string of the molecule is C=C/C(CC(C)=O)=C(\C)CCc1cccc(C)c1C. The van der Waals surface area contributed by atoms with Gasteiger partial charge in [0, 0.05) is 6.42 Å². The fourth-order valence-electron chi connectivity index (χ4n) is 2.23. The van der Waals surface area contributed by atoms with Gasteiger partial charge in [0.05, 0.1) is 0 Å². The predicted molar refractivity (Wildman–Crippen MR) is 82.4 cm³/mol. The van der Waals surface area contributed by atoms with Crippen LogP contribution in [0.2, 0.25) is 0 Å². The van der Waals surface area contributed by atoms with Gasteiger partial charge in [0.25, 0.3) is 0 Å². The number of ketones is 1. The second kappa shape index (κ2) is 7.08. The molecule has 0 radical (unpaired) electrons. The molecule has 102 valence electrons. The molecule has 0 N–H and O–H groups in total. The molecule has 19 heavy (non-hydrogen) atoms. The average molecular weight is 256 g/mol. The van der Waals surface area contributed by atoms with Crippen molar-refractivity contribution in [1.29, 1.82) is 0 Å². The molecule has 1 rings (SSSR count). The van der Waals surface area contributed by atoms with Gasteiger partial charge < -0.3 is 0 Å². The van der Waals surface area contributed by atoms with Crippen molar-refractivity contribution in [1.82, 2.24) is 0 Å². The van der Waals surface area contributed by atoms with E-state index in [0.29, 0.717) is 6.42 Å². The summed E-state index contributed by atoms with van der Waals surface area (Å²) < 4.78 is 0. The van der Waals surface area contributed by atoms with Crippen molar-refractivity contribution in [2.45, 2.75) is 47.0 Å². The summed E-state index contributed by atoms with van der Waals surface area (Å²) in [6.07, 6.45) is 4.33. The minimum absolute atomic E-state index is 0.195. The van der Waals surface area contributed by atoms with Gasteiger partial charge in [-0.1, -0.05) is 36.4 Å². The summed E-state index contributed by atoms with van der Waals surface area (Å²) in [6.45, 7) is 11.9. The van der Waals surface area contributed by atoms with Crippen LogP contribution >= 0.6 is 0 Å². The van der Waals surface area contributed by atoms with Gasteiger partial charge in [-0.05, 0) is 62.8 Å². The third-order valence-corrected chi connectivity index (χ3v) is 3.72.